The van der Waals surface area contributed by atoms with E-state index in [-0.39, 0.29) is 10.7 Å². The van der Waals surface area contributed by atoms with Crippen LogP contribution in [0.25, 0.3) is 0 Å². The van der Waals surface area contributed by atoms with Crippen LogP contribution in [0.15, 0.2) is 0 Å². The van der Waals surface area contributed by atoms with Crippen molar-refractivity contribution in [1.82, 2.24) is 0 Å². The number of rotatable bonds is 4. The van der Waals surface area contributed by atoms with Gasteiger partial charge >= 0.3 is 5.97 Å². The van der Waals surface area contributed by atoms with Crippen molar-refractivity contribution in [3.8, 4) is 0 Å². The van der Waals surface area contributed by atoms with Gasteiger partial charge in [-0.3, -0.25) is 4.79 Å². The summed E-state index contributed by atoms with van der Waals surface area (Å²) in [6.45, 7) is 2.14. The second-order valence-corrected chi connectivity index (χ2v) is 4.67. The maximum absolute atomic E-state index is 11.4. The molecule has 0 saturated heterocycles. The maximum atomic E-state index is 11.4. The minimum atomic E-state index is -0.162. The summed E-state index contributed by atoms with van der Waals surface area (Å²) in [5.41, 5.74) is 0. The van der Waals surface area contributed by atoms with Gasteiger partial charge in [0.15, 0.2) is 0 Å². The summed E-state index contributed by atoms with van der Waals surface area (Å²) in [6, 6.07) is 0. The van der Waals surface area contributed by atoms with Crippen LogP contribution in [0.5, 0.6) is 0 Å². The van der Waals surface area contributed by atoms with Gasteiger partial charge in [-0.25, -0.2) is 0 Å². The fourth-order valence-corrected chi connectivity index (χ4v) is 2.76. The van der Waals surface area contributed by atoms with Gasteiger partial charge in [0.25, 0.3) is 0 Å². The van der Waals surface area contributed by atoms with Crippen LogP contribution in [0.2, 0.25) is 0 Å². The van der Waals surface area contributed by atoms with Gasteiger partial charge in [-0.2, -0.15) is 0 Å². The average molecular weight is 188 g/mol. The molecule has 0 atom stereocenters. The molecule has 1 aliphatic rings. The molecule has 1 fully saturated rings. The summed E-state index contributed by atoms with van der Waals surface area (Å²) in [5.74, 6) is 1.04. The van der Waals surface area contributed by atoms with Crippen molar-refractivity contribution in [2.45, 2.75) is 37.4 Å². The van der Waals surface area contributed by atoms with Crippen molar-refractivity contribution in [3.63, 3.8) is 0 Å². The molecule has 70 valence electrons. The van der Waals surface area contributed by atoms with Gasteiger partial charge in [-0.05, 0) is 31.4 Å². The second-order valence-electron chi connectivity index (χ2n) is 3.19. The Labute approximate surface area is 78.1 Å². The number of thioether (sulfide) groups is 1. The molecule has 0 radical (unpaired) electrons. The van der Waals surface area contributed by atoms with Crippen molar-refractivity contribution in [2.75, 3.05) is 12.9 Å². The molecule has 0 N–H and O–H groups in total. The third kappa shape index (κ3) is 1.76. The number of hydrogen-bond acceptors (Lipinski definition) is 3. The molecule has 3 heteroatoms. The quantitative estimate of drug-likeness (QED) is 0.633. The lowest BCUT2D eigenvalue weighted by atomic mass is 9.84. The fraction of sp³-hybridized carbons (Fsp3) is 0.889. The summed E-state index contributed by atoms with van der Waals surface area (Å²) in [6.07, 6.45) is 4.31. The molecular formula is C9H16O2S. The maximum Gasteiger partial charge on any atom is 0.321 e. The van der Waals surface area contributed by atoms with E-state index >= 15 is 0 Å². The van der Waals surface area contributed by atoms with Crippen LogP contribution in [-0.4, -0.2) is 23.6 Å². The zero-order chi connectivity index (χ0) is 9.03. The molecule has 0 aromatic rings. The first kappa shape index (κ1) is 9.90. The van der Waals surface area contributed by atoms with E-state index in [1.165, 1.54) is 13.5 Å². The van der Waals surface area contributed by atoms with E-state index in [9.17, 15) is 4.79 Å². The average Bonchev–Trinajstić information content (AvgIpc) is 2.02. The lowest BCUT2D eigenvalue weighted by Gasteiger charge is -2.38. The van der Waals surface area contributed by atoms with Crippen LogP contribution in [0.3, 0.4) is 0 Å². The Hall–Kier alpha value is -0.180. The fourth-order valence-electron chi connectivity index (χ4n) is 1.39. The highest BCUT2D eigenvalue weighted by atomic mass is 32.2. The summed E-state index contributed by atoms with van der Waals surface area (Å²) < 4.78 is 4.63. The molecular weight excluding hydrogens is 172 g/mol. The minimum absolute atomic E-state index is 0.0211. The number of carbonyl (C=O) groups excluding carboxylic acids is 1. The standard InChI is InChI=1S/C9H16O2S/c1-3-7-12-9(5-4-6-9)8(10)11-2/h3-7H2,1-2H3. The van der Waals surface area contributed by atoms with Crippen molar-refractivity contribution >= 4 is 17.7 Å². The van der Waals surface area contributed by atoms with E-state index in [4.69, 9.17) is 4.74 Å². The van der Waals surface area contributed by atoms with Gasteiger partial charge < -0.3 is 4.74 Å². The summed E-state index contributed by atoms with van der Waals surface area (Å²) in [7, 11) is 1.48. The highest BCUT2D eigenvalue weighted by Crippen LogP contribution is 2.45. The van der Waals surface area contributed by atoms with Gasteiger partial charge in [0.2, 0.25) is 0 Å². The Morgan fingerprint density at radius 2 is 2.25 bits per heavy atom. The molecule has 0 aliphatic heterocycles. The van der Waals surface area contributed by atoms with E-state index in [2.05, 4.69) is 6.92 Å². The molecule has 1 rings (SSSR count). The zero-order valence-corrected chi connectivity index (χ0v) is 8.58. The first-order valence-electron chi connectivity index (χ1n) is 4.47. The number of methoxy groups -OCH3 is 1. The van der Waals surface area contributed by atoms with Gasteiger partial charge in [0.05, 0.1) is 7.11 Å². The van der Waals surface area contributed by atoms with E-state index < -0.39 is 0 Å². The van der Waals surface area contributed by atoms with Crippen LogP contribution >= 0.6 is 11.8 Å². The molecule has 1 aliphatic carbocycles. The minimum Gasteiger partial charge on any atom is -0.468 e. The Morgan fingerprint density at radius 3 is 2.58 bits per heavy atom. The molecule has 0 bridgehead atoms. The summed E-state index contributed by atoms with van der Waals surface area (Å²) in [5, 5.41) is 0. The van der Waals surface area contributed by atoms with Crippen LogP contribution in [0, 0.1) is 0 Å². The number of esters is 1. The molecule has 0 heterocycles. The number of carbonyl (C=O) groups is 1. The molecule has 0 aromatic carbocycles. The van der Waals surface area contributed by atoms with Crippen molar-refractivity contribution in [2.24, 2.45) is 0 Å². The van der Waals surface area contributed by atoms with Gasteiger partial charge in [0.1, 0.15) is 4.75 Å². The molecule has 0 amide bonds. The molecule has 0 spiro atoms. The highest BCUT2D eigenvalue weighted by molar-refractivity contribution is 8.01. The van der Waals surface area contributed by atoms with E-state index in [1.54, 1.807) is 11.8 Å². The number of hydrogen-bond donors (Lipinski definition) is 0. The van der Waals surface area contributed by atoms with E-state index in [1.807, 2.05) is 0 Å². The monoisotopic (exact) mass is 188 g/mol. The first-order valence-corrected chi connectivity index (χ1v) is 5.46. The largest absolute Gasteiger partial charge is 0.468 e. The van der Waals surface area contributed by atoms with Gasteiger partial charge in [-0.1, -0.05) is 6.92 Å². The molecule has 2 nitrogen and oxygen atoms in total. The zero-order valence-electron chi connectivity index (χ0n) is 7.76. The van der Waals surface area contributed by atoms with Gasteiger partial charge in [-0.15, -0.1) is 11.8 Å². The Kier molecular flexibility index (Phi) is 3.44. The van der Waals surface area contributed by atoms with Crippen molar-refractivity contribution in [1.29, 1.82) is 0 Å². The smallest absolute Gasteiger partial charge is 0.321 e. The molecule has 12 heavy (non-hydrogen) atoms. The number of ether oxygens (including phenoxy) is 1. The molecule has 0 unspecified atom stereocenters. The van der Waals surface area contributed by atoms with Crippen LogP contribution in [0.1, 0.15) is 32.6 Å². The Balaban J connectivity index is 2.44. The normalized spacial score (nSPS) is 19.8. The third-order valence-corrected chi connectivity index (χ3v) is 4.04. The SMILES string of the molecule is CCCSC1(C(=O)OC)CCC1. The molecule has 1 saturated carbocycles. The summed E-state index contributed by atoms with van der Waals surface area (Å²) >= 11 is 1.77. The Bertz CT molecular complexity index is 164. The topological polar surface area (TPSA) is 26.3 Å². The third-order valence-electron chi connectivity index (χ3n) is 2.30. The van der Waals surface area contributed by atoms with E-state index in [0.29, 0.717) is 0 Å². The van der Waals surface area contributed by atoms with Crippen LogP contribution in [0.4, 0.5) is 0 Å². The molecule has 0 aromatic heterocycles. The predicted molar refractivity (Wildman–Crippen MR) is 51.3 cm³/mol. The lowest BCUT2D eigenvalue weighted by molar-refractivity contribution is -0.145. The van der Waals surface area contributed by atoms with Gasteiger partial charge in [0, 0.05) is 0 Å². The second kappa shape index (κ2) is 4.17. The lowest BCUT2D eigenvalue weighted by Crippen LogP contribution is -2.43. The van der Waals surface area contributed by atoms with Crippen LogP contribution in [-0.2, 0) is 9.53 Å². The highest BCUT2D eigenvalue weighted by Gasteiger charge is 2.45. The first-order chi connectivity index (χ1) is 5.75. The predicted octanol–water partition coefficient (Wildman–Crippen LogP) is 2.23. The van der Waals surface area contributed by atoms with Crippen LogP contribution < -0.4 is 0 Å². The van der Waals surface area contributed by atoms with Crippen molar-refractivity contribution < 1.29 is 9.53 Å². The Morgan fingerprint density at radius 1 is 1.58 bits per heavy atom. The summed E-state index contributed by atoms with van der Waals surface area (Å²) in [4.78, 5) is 11.4. The van der Waals surface area contributed by atoms with E-state index in [0.717, 1.165) is 25.0 Å². The van der Waals surface area contributed by atoms with Crippen molar-refractivity contribution in [3.05, 3.63) is 0 Å².